The first-order chi connectivity index (χ1) is 8.93. The number of alkyl halides is 3. The highest BCUT2D eigenvalue weighted by Gasteiger charge is 2.36. The lowest BCUT2D eigenvalue weighted by Crippen LogP contribution is -2.38. The van der Waals surface area contributed by atoms with Crippen LogP contribution in [0.25, 0.3) is 0 Å². The molecule has 2 rings (SSSR count). The summed E-state index contributed by atoms with van der Waals surface area (Å²) in [7, 11) is 2.00. The van der Waals surface area contributed by atoms with Gasteiger partial charge in [-0.1, -0.05) is 12.1 Å². The summed E-state index contributed by atoms with van der Waals surface area (Å²) in [5, 5.41) is 0. The lowest BCUT2D eigenvalue weighted by Gasteiger charge is -2.32. The Hall–Kier alpha value is -1.23. The molecule has 2 nitrogen and oxygen atoms in total. The van der Waals surface area contributed by atoms with E-state index in [1.165, 1.54) is 6.07 Å². The number of hydrogen-bond donors (Lipinski definition) is 0. The molecule has 1 atom stereocenters. The van der Waals surface area contributed by atoms with Crippen molar-refractivity contribution in [3.05, 3.63) is 29.8 Å². The Morgan fingerprint density at radius 1 is 1.32 bits per heavy atom. The topological polar surface area (TPSA) is 6.48 Å². The summed E-state index contributed by atoms with van der Waals surface area (Å²) in [4.78, 5) is 4.04. The Bertz CT molecular complexity index is 431. The molecule has 0 aliphatic carbocycles. The van der Waals surface area contributed by atoms with Gasteiger partial charge in [0.25, 0.3) is 0 Å². The van der Waals surface area contributed by atoms with Crippen LogP contribution in [0.2, 0.25) is 0 Å². The normalized spacial score (nSPS) is 20.8. The maximum atomic E-state index is 13.1. The van der Waals surface area contributed by atoms with Crippen LogP contribution >= 0.6 is 0 Å². The molecule has 0 bridgehead atoms. The average molecular weight is 272 g/mol. The fourth-order valence-electron chi connectivity index (χ4n) is 2.76. The third-order valence-electron chi connectivity index (χ3n) is 3.67. The molecule has 1 aromatic carbocycles. The smallest absolute Gasteiger partial charge is 0.367 e. The zero-order chi connectivity index (χ0) is 14.0. The molecular weight excluding hydrogens is 253 g/mol. The van der Waals surface area contributed by atoms with Crippen LogP contribution in [0.5, 0.6) is 0 Å². The van der Waals surface area contributed by atoms with Crippen LogP contribution in [-0.4, -0.2) is 37.6 Å². The van der Waals surface area contributed by atoms with Crippen molar-refractivity contribution in [2.75, 3.05) is 31.6 Å². The van der Waals surface area contributed by atoms with Crippen molar-refractivity contribution in [2.24, 2.45) is 0 Å². The monoisotopic (exact) mass is 272 g/mol. The Labute approximate surface area is 111 Å². The van der Waals surface area contributed by atoms with Gasteiger partial charge in [-0.15, -0.1) is 0 Å². The van der Waals surface area contributed by atoms with Crippen LogP contribution in [-0.2, 0) is 6.18 Å². The van der Waals surface area contributed by atoms with Crippen molar-refractivity contribution in [3.8, 4) is 0 Å². The Balaban J connectivity index is 2.33. The summed E-state index contributed by atoms with van der Waals surface area (Å²) in [6, 6.07) is 6.02. The molecule has 1 unspecified atom stereocenters. The minimum absolute atomic E-state index is 0.165. The van der Waals surface area contributed by atoms with E-state index in [2.05, 4.69) is 4.90 Å². The SMILES string of the molecule is CCN(c1ccccc1C(F)(F)F)C1CCN(C)C1. The Kier molecular flexibility index (Phi) is 4.04. The predicted octanol–water partition coefficient (Wildman–Crippen LogP) is 3.24. The van der Waals surface area contributed by atoms with Crippen LogP contribution in [0.3, 0.4) is 0 Å². The lowest BCUT2D eigenvalue weighted by molar-refractivity contribution is -0.137. The number of para-hydroxylation sites is 1. The molecule has 1 aliphatic rings. The predicted molar refractivity (Wildman–Crippen MR) is 70.4 cm³/mol. The van der Waals surface area contributed by atoms with Crippen LogP contribution in [0.15, 0.2) is 24.3 Å². The Morgan fingerprint density at radius 3 is 2.53 bits per heavy atom. The van der Waals surface area contributed by atoms with E-state index in [4.69, 9.17) is 0 Å². The van der Waals surface area contributed by atoms with Gasteiger partial charge in [0.2, 0.25) is 0 Å². The number of anilines is 1. The van der Waals surface area contributed by atoms with Crippen LogP contribution in [0, 0.1) is 0 Å². The summed E-state index contributed by atoms with van der Waals surface area (Å²) in [5.74, 6) is 0. The molecule has 1 aliphatic heterocycles. The molecule has 106 valence electrons. The van der Waals surface area contributed by atoms with Gasteiger partial charge < -0.3 is 9.80 Å². The molecule has 0 aromatic heterocycles. The van der Waals surface area contributed by atoms with Crippen molar-refractivity contribution in [1.82, 2.24) is 4.90 Å². The van der Waals surface area contributed by atoms with Gasteiger partial charge in [0.15, 0.2) is 0 Å². The molecule has 5 heteroatoms. The second-order valence-electron chi connectivity index (χ2n) is 5.01. The third kappa shape index (κ3) is 3.03. The first-order valence-electron chi connectivity index (χ1n) is 6.55. The number of likely N-dealkylation sites (tertiary alicyclic amines) is 1. The minimum atomic E-state index is -4.30. The first kappa shape index (κ1) is 14.2. The van der Waals surface area contributed by atoms with Crippen molar-refractivity contribution in [3.63, 3.8) is 0 Å². The molecule has 1 aromatic rings. The van der Waals surface area contributed by atoms with Gasteiger partial charge in [0, 0.05) is 24.8 Å². The summed E-state index contributed by atoms with van der Waals surface area (Å²) in [6.07, 6.45) is -3.38. The number of rotatable bonds is 3. The molecule has 0 radical (unpaired) electrons. The number of benzene rings is 1. The second-order valence-corrected chi connectivity index (χ2v) is 5.01. The molecule has 1 heterocycles. The van der Waals surface area contributed by atoms with E-state index in [0.29, 0.717) is 12.2 Å². The van der Waals surface area contributed by atoms with Crippen LogP contribution in [0.1, 0.15) is 18.9 Å². The summed E-state index contributed by atoms with van der Waals surface area (Å²) in [5.41, 5.74) is -0.232. The van der Waals surface area contributed by atoms with Crippen LogP contribution in [0.4, 0.5) is 18.9 Å². The van der Waals surface area contributed by atoms with Gasteiger partial charge in [-0.05, 0) is 39.1 Å². The number of halogens is 3. The van der Waals surface area contributed by atoms with Gasteiger partial charge in [-0.25, -0.2) is 0 Å². The van der Waals surface area contributed by atoms with Crippen LogP contribution < -0.4 is 4.90 Å². The highest BCUT2D eigenvalue weighted by atomic mass is 19.4. The minimum Gasteiger partial charge on any atom is -0.367 e. The summed E-state index contributed by atoms with van der Waals surface area (Å²) < 4.78 is 39.2. The molecule has 1 fully saturated rings. The number of nitrogens with zero attached hydrogens (tertiary/aromatic N) is 2. The van der Waals surface area contributed by atoms with E-state index in [1.807, 2.05) is 18.9 Å². The maximum Gasteiger partial charge on any atom is 0.418 e. The third-order valence-corrected chi connectivity index (χ3v) is 3.67. The van der Waals surface area contributed by atoms with Crippen molar-refractivity contribution < 1.29 is 13.2 Å². The average Bonchev–Trinajstić information content (AvgIpc) is 2.76. The molecule has 1 saturated heterocycles. The highest BCUT2D eigenvalue weighted by molar-refractivity contribution is 5.56. The van der Waals surface area contributed by atoms with Gasteiger partial charge in [-0.2, -0.15) is 13.2 Å². The largest absolute Gasteiger partial charge is 0.418 e. The van der Waals surface area contributed by atoms with Gasteiger partial charge in [-0.3, -0.25) is 0 Å². The summed E-state index contributed by atoms with van der Waals surface area (Å²) >= 11 is 0. The van der Waals surface area contributed by atoms with E-state index >= 15 is 0 Å². The van der Waals surface area contributed by atoms with Gasteiger partial charge >= 0.3 is 6.18 Å². The quantitative estimate of drug-likeness (QED) is 0.833. The van der Waals surface area contributed by atoms with E-state index in [0.717, 1.165) is 25.6 Å². The van der Waals surface area contributed by atoms with E-state index in [-0.39, 0.29) is 6.04 Å². The maximum absolute atomic E-state index is 13.1. The van der Waals surface area contributed by atoms with Gasteiger partial charge in [0.05, 0.1) is 5.56 Å². The second kappa shape index (κ2) is 5.41. The Morgan fingerprint density at radius 2 is 2.00 bits per heavy atom. The molecule has 0 spiro atoms. The van der Waals surface area contributed by atoms with Crippen molar-refractivity contribution >= 4 is 5.69 Å². The van der Waals surface area contributed by atoms with Gasteiger partial charge in [0.1, 0.15) is 0 Å². The molecular formula is C14H19F3N2. The standard InChI is InChI=1S/C14H19F3N2/c1-3-19(11-8-9-18(2)10-11)13-7-5-4-6-12(13)14(15,16)17/h4-7,11H,3,8-10H2,1-2H3. The van der Waals surface area contributed by atoms with Crippen molar-refractivity contribution in [1.29, 1.82) is 0 Å². The fraction of sp³-hybridized carbons (Fsp3) is 0.571. The first-order valence-corrected chi connectivity index (χ1v) is 6.55. The molecule has 19 heavy (non-hydrogen) atoms. The van der Waals surface area contributed by atoms with E-state index in [9.17, 15) is 13.2 Å². The summed E-state index contributed by atoms with van der Waals surface area (Å²) in [6.45, 7) is 4.26. The zero-order valence-corrected chi connectivity index (χ0v) is 11.2. The number of hydrogen-bond acceptors (Lipinski definition) is 2. The molecule has 0 saturated carbocycles. The lowest BCUT2D eigenvalue weighted by atomic mass is 10.1. The molecule has 0 amide bonds. The fourth-order valence-corrected chi connectivity index (χ4v) is 2.76. The zero-order valence-electron chi connectivity index (χ0n) is 11.2. The molecule has 0 N–H and O–H groups in total. The van der Waals surface area contributed by atoms with E-state index in [1.54, 1.807) is 12.1 Å². The number of likely N-dealkylation sites (N-methyl/N-ethyl adjacent to an activating group) is 2. The highest BCUT2D eigenvalue weighted by Crippen LogP contribution is 2.37. The van der Waals surface area contributed by atoms with E-state index < -0.39 is 11.7 Å². The van der Waals surface area contributed by atoms with Crippen molar-refractivity contribution in [2.45, 2.75) is 25.6 Å².